The predicted octanol–water partition coefficient (Wildman–Crippen LogP) is 2.32. The van der Waals surface area contributed by atoms with Crippen molar-refractivity contribution in [2.75, 3.05) is 13.1 Å². The second kappa shape index (κ2) is 5.99. The maximum absolute atomic E-state index is 8.58. The summed E-state index contributed by atoms with van der Waals surface area (Å²) in [7, 11) is 0. The van der Waals surface area contributed by atoms with Gasteiger partial charge in [-0.05, 0) is 32.2 Å². The summed E-state index contributed by atoms with van der Waals surface area (Å²) in [6, 6.07) is 2.24. The monoisotopic (exact) mass is 180 g/mol. The van der Waals surface area contributed by atoms with E-state index in [1.807, 2.05) is 6.92 Å². The molecule has 0 spiro atoms. The summed E-state index contributed by atoms with van der Waals surface area (Å²) in [6.45, 7) is 3.94. The molecule has 0 heterocycles. The molecule has 1 unspecified atom stereocenters. The number of nitriles is 1. The lowest BCUT2D eigenvalue weighted by Gasteiger charge is -2.21. The molecule has 0 aromatic heterocycles. The highest BCUT2D eigenvalue weighted by Gasteiger charge is 2.12. The van der Waals surface area contributed by atoms with Gasteiger partial charge in [-0.3, -0.25) is 0 Å². The van der Waals surface area contributed by atoms with Crippen LogP contribution in [0.3, 0.4) is 0 Å². The summed E-state index contributed by atoms with van der Waals surface area (Å²) in [6.07, 6.45) is 6.99. The topological polar surface area (TPSA) is 35.8 Å². The number of hydrogen-bond donors (Lipinski definition) is 1. The van der Waals surface area contributed by atoms with Gasteiger partial charge in [-0.25, -0.2) is 0 Å². The molecule has 0 bridgehead atoms. The molecule has 1 aliphatic carbocycles. The van der Waals surface area contributed by atoms with Crippen LogP contribution in [-0.2, 0) is 0 Å². The Bertz CT molecular complexity index is 165. The summed E-state index contributed by atoms with van der Waals surface area (Å²) in [5, 5.41) is 12.0. The van der Waals surface area contributed by atoms with Gasteiger partial charge in [-0.1, -0.05) is 19.3 Å². The van der Waals surface area contributed by atoms with E-state index in [4.69, 9.17) is 5.26 Å². The van der Waals surface area contributed by atoms with Gasteiger partial charge in [0.2, 0.25) is 0 Å². The van der Waals surface area contributed by atoms with Gasteiger partial charge in [0.15, 0.2) is 0 Å². The molecule has 1 atom stereocenters. The third kappa shape index (κ3) is 4.28. The zero-order chi connectivity index (χ0) is 9.52. The molecule has 0 saturated heterocycles. The lowest BCUT2D eigenvalue weighted by atomic mass is 9.89. The molecule has 1 saturated carbocycles. The molecule has 0 aromatic rings. The van der Waals surface area contributed by atoms with Crippen molar-refractivity contribution in [3.63, 3.8) is 0 Å². The molecule has 0 radical (unpaired) electrons. The van der Waals surface area contributed by atoms with Crippen molar-refractivity contribution < 1.29 is 0 Å². The third-order valence-corrected chi connectivity index (χ3v) is 2.83. The standard InChI is InChI=1S/C11H20N2/c1-10(7-12)8-13-9-11-5-3-2-4-6-11/h10-11,13H,2-6,8-9H2,1H3. The predicted molar refractivity (Wildman–Crippen MR) is 54.2 cm³/mol. The molecule has 1 rings (SSSR count). The molecule has 1 aliphatic rings. The molecule has 2 heteroatoms. The van der Waals surface area contributed by atoms with Gasteiger partial charge in [0, 0.05) is 6.54 Å². The van der Waals surface area contributed by atoms with E-state index in [1.54, 1.807) is 0 Å². The van der Waals surface area contributed by atoms with E-state index in [2.05, 4.69) is 11.4 Å². The van der Waals surface area contributed by atoms with E-state index in [0.717, 1.165) is 19.0 Å². The first-order valence-corrected chi connectivity index (χ1v) is 5.43. The van der Waals surface area contributed by atoms with E-state index in [9.17, 15) is 0 Å². The Morgan fingerprint density at radius 1 is 1.38 bits per heavy atom. The van der Waals surface area contributed by atoms with Crippen molar-refractivity contribution in [2.45, 2.75) is 39.0 Å². The van der Waals surface area contributed by atoms with Gasteiger partial charge >= 0.3 is 0 Å². The number of nitrogens with zero attached hydrogens (tertiary/aromatic N) is 1. The number of rotatable bonds is 4. The zero-order valence-electron chi connectivity index (χ0n) is 8.55. The summed E-state index contributed by atoms with van der Waals surface area (Å²) in [5.41, 5.74) is 0. The second-order valence-corrected chi connectivity index (χ2v) is 4.19. The van der Waals surface area contributed by atoms with E-state index in [1.165, 1.54) is 32.1 Å². The highest BCUT2D eigenvalue weighted by atomic mass is 14.9. The van der Waals surface area contributed by atoms with Crippen LogP contribution < -0.4 is 5.32 Å². The first-order chi connectivity index (χ1) is 6.33. The molecule has 0 aromatic carbocycles. The summed E-state index contributed by atoms with van der Waals surface area (Å²) >= 11 is 0. The molecule has 0 amide bonds. The molecular weight excluding hydrogens is 160 g/mol. The first kappa shape index (κ1) is 10.5. The zero-order valence-corrected chi connectivity index (χ0v) is 8.55. The van der Waals surface area contributed by atoms with Crippen molar-refractivity contribution in [3.05, 3.63) is 0 Å². The van der Waals surface area contributed by atoms with Crippen LogP contribution in [-0.4, -0.2) is 13.1 Å². The Morgan fingerprint density at radius 3 is 2.69 bits per heavy atom. The fourth-order valence-corrected chi connectivity index (χ4v) is 1.94. The van der Waals surface area contributed by atoms with E-state index < -0.39 is 0 Å². The fourth-order valence-electron chi connectivity index (χ4n) is 1.94. The van der Waals surface area contributed by atoms with Gasteiger partial charge in [-0.2, -0.15) is 5.26 Å². The van der Waals surface area contributed by atoms with Crippen molar-refractivity contribution in [1.29, 1.82) is 5.26 Å². The molecule has 2 nitrogen and oxygen atoms in total. The van der Waals surface area contributed by atoms with Crippen molar-refractivity contribution >= 4 is 0 Å². The van der Waals surface area contributed by atoms with Crippen LogP contribution in [0.1, 0.15) is 39.0 Å². The number of nitrogens with one attached hydrogen (secondary N) is 1. The van der Waals surface area contributed by atoms with Crippen molar-refractivity contribution in [3.8, 4) is 6.07 Å². The third-order valence-electron chi connectivity index (χ3n) is 2.83. The molecule has 13 heavy (non-hydrogen) atoms. The van der Waals surface area contributed by atoms with Gasteiger partial charge < -0.3 is 5.32 Å². The van der Waals surface area contributed by atoms with Crippen LogP contribution in [0.4, 0.5) is 0 Å². The molecule has 1 fully saturated rings. The molecule has 1 N–H and O–H groups in total. The first-order valence-electron chi connectivity index (χ1n) is 5.43. The quantitative estimate of drug-likeness (QED) is 0.720. The van der Waals surface area contributed by atoms with Crippen LogP contribution in [0.15, 0.2) is 0 Å². The second-order valence-electron chi connectivity index (χ2n) is 4.19. The smallest absolute Gasteiger partial charge is 0.0666 e. The van der Waals surface area contributed by atoms with Gasteiger partial charge in [0.05, 0.1) is 12.0 Å². The Hall–Kier alpha value is -0.550. The molecular formula is C11H20N2. The minimum absolute atomic E-state index is 0.156. The molecule has 74 valence electrons. The number of hydrogen-bond acceptors (Lipinski definition) is 2. The SMILES string of the molecule is CC(C#N)CNCC1CCCCC1. The van der Waals surface area contributed by atoms with Crippen LogP contribution in [0.2, 0.25) is 0 Å². The van der Waals surface area contributed by atoms with Crippen molar-refractivity contribution in [2.24, 2.45) is 11.8 Å². The Morgan fingerprint density at radius 2 is 2.08 bits per heavy atom. The maximum atomic E-state index is 8.58. The Kier molecular flexibility index (Phi) is 4.85. The van der Waals surface area contributed by atoms with Gasteiger partial charge in [0.1, 0.15) is 0 Å². The molecule has 0 aliphatic heterocycles. The highest BCUT2D eigenvalue weighted by molar-refractivity contribution is 4.80. The fraction of sp³-hybridized carbons (Fsp3) is 0.909. The van der Waals surface area contributed by atoms with Gasteiger partial charge in [0.25, 0.3) is 0 Å². The van der Waals surface area contributed by atoms with Crippen LogP contribution in [0, 0.1) is 23.2 Å². The van der Waals surface area contributed by atoms with Crippen LogP contribution in [0.5, 0.6) is 0 Å². The summed E-state index contributed by atoms with van der Waals surface area (Å²) in [4.78, 5) is 0. The van der Waals surface area contributed by atoms with E-state index in [-0.39, 0.29) is 5.92 Å². The Labute approximate surface area is 81.3 Å². The maximum Gasteiger partial charge on any atom is 0.0666 e. The average Bonchev–Trinajstić information content (AvgIpc) is 2.19. The van der Waals surface area contributed by atoms with Gasteiger partial charge in [-0.15, -0.1) is 0 Å². The normalized spacial score (nSPS) is 20.9. The van der Waals surface area contributed by atoms with Crippen LogP contribution in [0.25, 0.3) is 0 Å². The minimum atomic E-state index is 0.156. The van der Waals surface area contributed by atoms with Crippen LogP contribution >= 0.6 is 0 Å². The van der Waals surface area contributed by atoms with Crippen molar-refractivity contribution in [1.82, 2.24) is 5.32 Å². The largest absolute Gasteiger partial charge is 0.315 e. The van der Waals surface area contributed by atoms with E-state index in [0.29, 0.717) is 0 Å². The highest BCUT2D eigenvalue weighted by Crippen LogP contribution is 2.22. The summed E-state index contributed by atoms with van der Waals surface area (Å²) in [5.74, 6) is 1.03. The lowest BCUT2D eigenvalue weighted by Crippen LogP contribution is -2.27. The summed E-state index contributed by atoms with van der Waals surface area (Å²) < 4.78 is 0. The minimum Gasteiger partial charge on any atom is -0.315 e. The lowest BCUT2D eigenvalue weighted by molar-refractivity contribution is 0.339. The Balaban J connectivity index is 2.02. The van der Waals surface area contributed by atoms with E-state index >= 15 is 0 Å². The average molecular weight is 180 g/mol.